The van der Waals surface area contributed by atoms with Gasteiger partial charge in [0.05, 0.1) is 25.6 Å². The first kappa shape index (κ1) is 24.6. The van der Waals surface area contributed by atoms with Crippen LogP contribution in [0.2, 0.25) is 0 Å². The highest BCUT2D eigenvalue weighted by Crippen LogP contribution is 2.46. The molecular weight excluding hydrogens is 475 g/mol. The van der Waals surface area contributed by atoms with Crippen LogP contribution >= 0.6 is 7.75 Å². The van der Waals surface area contributed by atoms with Crippen LogP contribution in [0.1, 0.15) is 26.3 Å². The molecule has 0 radical (unpaired) electrons. The number of carbonyl (C=O) groups is 1. The molecule has 0 saturated heterocycles. The summed E-state index contributed by atoms with van der Waals surface area (Å²) in [5, 5.41) is 11.7. The molecule has 2 aromatic heterocycles. The summed E-state index contributed by atoms with van der Waals surface area (Å²) in [7, 11) is -3.98. The Kier molecular flexibility index (Phi) is 7.34. The first-order valence-corrected chi connectivity index (χ1v) is 12.6. The van der Waals surface area contributed by atoms with Gasteiger partial charge in [0.15, 0.2) is 11.2 Å². The Hall–Kier alpha value is -3.47. The molecule has 35 heavy (non-hydrogen) atoms. The first-order chi connectivity index (χ1) is 16.8. The molecule has 0 fully saturated rings. The summed E-state index contributed by atoms with van der Waals surface area (Å²) >= 11 is 0. The number of nitrogens with one attached hydrogen (secondary N) is 1. The minimum absolute atomic E-state index is 0.0460. The predicted molar refractivity (Wildman–Crippen MR) is 128 cm³/mol. The van der Waals surface area contributed by atoms with E-state index in [4.69, 9.17) is 19.5 Å². The lowest BCUT2D eigenvalue weighted by atomic mass is 10.1. The van der Waals surface area contributed by atoms with Gasteiger partial charge in [0, 0.05) is 5.92 Å². The van der Waals surface area contributed by atoms with Crippen LogP contribution in [-0.4, -0.2) is 49.9 Å². The van der Waals surface area contributed by atoms with Gasteiger partial charge in [-0.1, -0.05) is 30.4 Å². The van der Waals surface area contributed by atoms with Gasteiger partial charge in [-0.2, -0.15) is 15.1 Å². The molecule has 1 aliphatic carbocycles. The molecule has 0 bridgehead atoms. The number of hydrogen-bond acceptors (Lipinski definition) is 9. The zero-order valence-electron chi connectivity index (χ0n) is 19.3. The SMILES string of the molecule is CCOc1nc(N)nc2c1ncn2[C@H]1C=C[C@@H](CO[P@@](=O)(N[C@@H](C)C(=O)O)Oc2ccccc2)C1. The number of ether oxygens (including phenoxy) is 1. The quantitative estimate of drug-likeness (QED) is 0.260. The smallest absolute Gasteiger partial charge is 0.459 e. The number of aromatic nitrogens is 4. The number of allylic oxidation sites excluding steroid dienone is 1. The van der Waals surface area contributed by atoms with E-state index in [2.05, 4.69) is 20.0 Å². The fourth-order valence-corrected chi connectivity index (χ4v) is 5.22. The Balaban J connectivity index is 1.46. The number of nitrogens with two attached hydrogens (primary N) is 1. The number of nitrogen functional groups attached to an aromatic ring is 1. The van der Waals surface area contributed by atoms with Crippen LogP contribution < -0.4 is 20.1 Å². The minimum atomic E-state index is -3.98. The number of rotatable bonds is 11. The molecule has 4 N–H and O–H groups in total. The maximum Gasteiger partial charge on any atom is 0.459 e. The second-order valence-corrected chi connectivity index (χ2v) is 9.67. The van der Waals surface area contributed by atoms with Gasteiger partial charge in [-0.05, 0) is 32.4 Å². The standard InChI is InChI=1S/C22H27N6O6P/c1-3-32-20-18-19(25-22(23)26-20)28(13-24-18)16-10-9-15(11-16)12-33-35(31,27-14(2)21(29)30)34-17-7-5-4-6-8-17/h4-10,13-16H,3,11-12H2,1-2H3,(H,27,31)(H,29,30)(H2,23,25,26)/t14-,15+,16-,35-/m0/s1. The fourth-order valence-electron chi connectivity index (χ4n) is 3.67. The molecule has 2 heterocycles. The van der Waals surface area contributed by atoms with Crippen molar-refractivity contribution < 1.29 is 28.3 Å². The van der Waals surface area contributed by atoms with E-state index >= 15 is 0 Å². The molecule has 0 saturated carbocycles. The largest absolute Gasteiger partial charge is 0.480 e. The topological polar surface area (TPSA) is 164 Å². The van der Waals surface area contributed by atoms with Gasteiger partial charge >= 0.3 is 13.7 Å². The highest BCUT2D eigenvalue weighted by molar-refractivity contribution is 7.52. The van der Waals surface area contributed by atoms with E-state index in [1.807, 2.05) is 23.6 Å². The van der Waals surface area contributed by atoms with Crippen molar-refractivity contribution in [3.05, 3.63) is 48.8 Å². The molecule has 13 heteroatoms. The molecule has 0 spiro atoms. The Bertz CT molecular complexity index is 1270. The van der Waals surface area contributed by atoms with Crippen LogP contribution in [0.3, 0.4) is 0 Å². The second kappa shape index (κ2) is 10.4. The molecule has 0 aliphatic heterocycles. The molecule has 0 amide bonds. The summed E-state index contributed by atoms with van der Waals surface area (Å²) in [6, 6.07) is 7.20. The average Bonchev–Trinajstić information content (AvgIpc) is 3.45. The van der Waals surface area contributed by atoms with E-state index in [0.29, 0.717) is 35.8 Å². The van der Waals surface area contributed by atoms with E-state index in [9.17, 15) is 14.5 Å². The zero-order chi connectivity index (χ0) is 25.0. The Morgan fingerprint density at radius 2 is 2.09 bits per heavy atom. The van der Waals surface area contributed by atoms with Crippen LogP contribution in [-0.2, 0) is 13.9 Å². The van der Waals surface area contributed by atoms with Crippen molar-refractivity contribution in [2.24, 2.45) is 5.92 Å². The van der Waals surface area contributed by atoms with Crippen molar-refractivity contribution in [2.75, 3.05) is 18.9 Å². The van der Waals surface area contributed by atoms with Crippen molar-refractivity contribution in [2.45, 2.75) is 32.4 Å². The highest BCUT2D eigenvalue weighted by atomic mass is 31.2. The number of hydrogen-bond donors (Lipinski definition) is 3. The lowest BCUT2D eigenvalue weighted by Crippen LogP contribution is -2.33. The van der Waals surface area contributed by atoms with Gasteiger partial charge < -0.3 is 24.7 Å². The van der Waals surface area contributed by atoms with Gasteiger partial charge in [0.1, 0.15) is 11.8 Å². The molecular formula is C22H27N6O6P. The summed E-state index contributed by atoms with van der Waals surface area (Å²) in [5.74, 6) is -0.577. The molecule has 12 nitrogen and oxygen atoms in total. The third kappa shape index (κ3) is 5.79. The van der Waals surface area contributed by atoms with Gasteiger partial charge in [-0.25, -0.2) is 9.55 Å². The number of carboxylic acid groups (broad SMARTS) is 1. The molecule has 186 valence electrons. The Morgan fingerprint density at radius 3 is 2.80 bits per heavy atom. The average molecular weight is 502 g/mol. The van der Waals surface area contributed by atoms with Crippen molar-refractivity contribution >= 4 is 30.8 Å². The predicted octanol–water partition coefficient (Wildman–Crippen LogP) is 3.19. The van der Waals surface area contributed by atoms with Gasteiger partial charge in [-0.15, -0.1) is 0 Å². The van der Waals surface area contributed by atoms with Crippen LogP contribution in [0, 0.1) is 5.92 Å². The van der Waals surface area contributed by atoms with E-state index in [1.54, 1.807) is 36.7 Å². The summed E-state index contributed by atoms with van der Waals surface area (Å²) in [5.41, 5.74) is 6.92. The van der Waals surface area contributed by atoms with Crippen LogP contribution in [0.5, 0.6) is 11.6 Å². The minimum Gasteiger partial charge on any atom is -0.480 e. The van der Waals surface area contributed by atoms with E-state index in [-0.39, 0.29) is 24.5 Å². The van der Waals surface area contributed by atoms with Gasteiger partial charge in [0.2, 0.25) is 11.8 Å². The number of para-hydroxylation sites is 1. The lowest BCUT2D eigenvalue weighted by molar-refractivity contribution is -0.138. The van der Waals surface area contributed by atoms with Gasteiger partial charge in [0.25, 0.3) is 0 Å². The fraction of sp³-hybridized carbons (Fsp3) is 0.364. The second-order valence-electron chi connectivity index (χ2n) is 7.98. The Labute approximate surface area is 201 Å². The number of nitrogens with zero attached hydrogens (tertiary/aromatic N) is 4. The monoisotopic (exact) mass is 502 g/mol. The molecule has 4 rings (SSSR count). The maximum absolute atomic E-state index is 13.4. The lowest BCUT2D eigenvalue weighted by Gasteiger charge is -2.23. The van der Waals surface area contributed by atoms with E-state index in [1.165, 1.54) is 6.92 Å². The number of fused-ring (bicyclic) bond motifs is 1. The van der Waals surface area contributed by atoms with Crippen molar-refractivity contribution in [3.8, 4) is 11.6 Å². The molecule has 1 aromatic carbocycles. The van der Waals surface area contributed by atoms with Crippen LogP contribution in [0.15, 0.2) is 48.8 Å². The van der Waals surface area contributed by atoms with Crippen LogP contribution in [0.25, 0.3) is 11.2 Å². The number of carboxylic acids is 1. The maximum atomic E-state index is 13.4. The van der Waals surface area contributed by atoms with Crippen LogP contribution in [0.4, 0.5) is 5.95 Å². The van der Waals surface area contributed by atoms with E-state index in [0.717, 1.165) is 0 Å². The van der Waals surface area contributed by atoms with Crippen molar-refractivity contribution in [3.63, 3.8) is 0 Å². The Morgan fingerprint density at radius 1 is 1.31 bits per heavy atom. The first-order valence-electron chi connectivity index (χ1n) is 11.1. The number of aliphatic carboxylic acids is 1. The summed E-state index contributed by atoms with van der Waals surface area (Å²) < 4.78 is 32.0. The third-order valence-electron chi connectivity index (χ3n) is 5.34. The molecule has 0 unspecified atom stereocenters. The summed E-state index contributed by atoms with van der Waals surface area (Å²) in [6.07, 6.45) is 6.18. The van der Waals surface area contributed by atoms with Gasteiger partial charge in [-0.3, -0.25) is 9.32 Å². The molecule has 1 aliphatic rings. The summed E-state index contributed by atoms with van der Waals surface area (Å²) in [6.45, 7) is 3.68. The van der Waals surface area contributed by atoms with Crippen molar-refractivity contribution in [1.82, 2.24) is 24.6 Å². The molecule has 3 aromatic rings. The normalized spacial score (nSPS) is 19.9. The third-order valence-corrected chi connectivity index (χ3v) is 6.99. The van der Waals surface area contributed by atoms with E-state index < -0.39 is 19.8 Å². The number of anilines is 1. The zero-order valence-corrected chi connectivity index (χ0v) is 20.2. The van der Waals surface area contributed by atoms with Crippen molar-refractivity contribution in [1.29, 1.82) is 0 Å². The molecule has 4 atom stereocenters. The highest BCUT2D eigenvalue weighted by Gasteiger charge is 2.33. The number of benzene rings is 1. The number of imidazole rings is 1. The summed E-state index contributed by atoms with van der Waals surface area (Å²) in [4.78, 5) is 24.1.